The minimum absolute atomic E-state index is 0.356. The van der Waals surface area contributed by atoms with E-state index in [0.29, 0.717) is 12.6 Å². The molecule has 1 aromatic heterocycles. The second-order valence-electron chi connectivity index (χ2n) is 6.48. The van der Waals surface area contributed by atoms with Gasteiger partial charge >= 0.3 is 0 Å². The summed E-state index contributed by atoms with van der Waals surface area (Å²) in [5, 5.41) is 0. The SMILES string of the molecule is Cc1ccc(C(CN)N2CCC[C@H]3CCCC[C@H]32)cn1. The average molecular weight is 273 g/mol. The summed E-state index contributed by atoms with van der Waals surface area (Å²) in [5.74, 6) is 0.907. The number of nitrogens with zero attached hydrogens (tertiary/aromatic N) is 2. The van der Waals surface area contributed by atoms with Gasteiger partial charge in [0.15, 0.2) is 0 Å². The molecule has 1 unspecified atom stereocenters. The van der Waals surface area contributed by atoms with E-state index in [9.17, 15) is 0 Å². The summed E-state index contributed by atoms with van der Waals surface area (Å²) in [5.41, 5.74) is 8.50. The first-order chi connectivity index (χ1) is 9.79. The first kappa shape index (κ1) is 14.0. The summed E-state index contributed by atoms with van der Waals surface area (Å²) in [7, 11) is 0. The van der Waals surface area contributed by atoms with Crippen LogP contribution in [-0.4, -0.2) is 29.0 Å². The Kier molecular flexibility index (Phi) is 4.37. The van der Waals surface area contributed by atoms with Crippen LogP contribution in [0.1, 0.15) is 55.8 Å². The average Bonchev–Trinajstić information content (AvgIpc) is 2.50. The Hall–Kier alpha value is -0.930. The molecule has 0 spiro atoms. The number of hydrogen-bond acceptors (Lipinski definition) is 3. The molecule has 1 saturated carbocycles. The number of fused-ring (bicyclic) bond motifs is 1. The van der Waals surface area contributed by atoms with Gasteiger partial charge in [-0.15, -0.1) is 0 Å². The summed E-state index contributed by atoms with van der Waals surface area (Å²) < 4.78 is 0. The molecule has 2 N–H and O–H groups in total. The molecule has 3 nitrogen and oxygen atoms in total. The van der Waals surface area contributed by atoms with E-state index < -0.39 is 0 Å². The highest BCUT2D eigenvalue weighted by atomic mass is 15.2. The van der Waals surface area contributed by atoms with Crippen molar-refractivity contribution < 1.29 is 0 Å². The van der Waals surface area contributed by atoms with Crippen LogP contribution in [0, 0.1) is 12.8 Å². The molecule has 1 aliphatic heterocycles. The maximum atomic E-state index is 6.13. The van der Waals surface area contributed by atoms with Gasteiger partial charge in [0.25, 0.3) is 0 Å². The standard InChI is InChI=1S/C17H27N3/c1-13-8-9-15(12-19-13)17(11-18)20-10-4-6-14-5-2-3-7-16(14)20/h8-9,12,14,16-17H,2-7,10-11,18H2,1H3/t14-,16-,17?/m1/s1. The van der Waals surface area contributed by atoms with Crippen LogP contribution in [0.25, 0.3) is 0 Å². The molecule has 1 aliphatic carbocycles. The first-order valence-electron chi connectivity index (χ1n) is 8.18. The molecular weight excluding hydrogens is 246 g/mol. The maximum Gasteiger partial charge on any atom is 0.0488 e. The van der Waals surface area contributed by atoms with Crippen molar-refractivity contribution in [3.63, 3.8) is 0 Å². The van der Waals surface area contributed by atoms with Crippen LogP contribution in [0.4, 0.5) is 0 Å². The Morgan fingerprint density at radius 2 is 2.05 bits per heavy atom. The molecule has 3 atom stereocenters. The topological polar surface area (TPSA) is 42.1 Å². The molecule has 20 heavy (non-hydrogen) atoms. The van der Waals surface area contributed by atoms with Crippen LogP contribution in [0.5, 0.6) is 0 Å². The van der Waals surface area contributed by atoms with E-state index >= 15 is 0 Å². The van der Waals surface area contributed by atoms with Gasteiger partial charge in [-0.05, 0) is 56.7 Å². The van der Waals surface area contributed by atoms with Crippen molar-refractivity contribution in [2.45, 2.75) is 57.5 Å². The van der Waals surface area contributed by atoms with Crippen molar-refractivity contribution in [1.29, 1.82) is 0 Å². The van der Waals surface area contributed by atoms with Crippen LogP contribution in [0.3, 0.4) is 0 Å². The second-order valence-corrected chi connectivity index (χ2v) is 6.48. The highest BCUT2D eigenvalue weighted by molar-refractivity contribution is 5.18. The third kappa shape index (κ3) is 2.75. The summed E-state index contributed by atoms with van der Waals surface area (Å²) in [6, 6.07) is 5.44. The molecule has 2 fully saturated rings. The zero-order valence-corrected chi connectivity index (χ0v) is 12.6. The fourth-order valence-corrected chi connectivity index (χ4v) is 4.19. The lowest BCUT2D eigenvalue weighted by Gasteiger charge is -2.47. The van der Waals surface area contributed by atoms with Crippen molar-refractivity contribution in [2.75, 3.05) is 13.1 Å². The maximum absolute atomic E-state index is 6.13. The Labute approximate surface area is 122 Å². The summed E-state index contributed by atoms with van der Waals surface area (Å²) in [6.45, 7) is 3.95. The normalized spacial score (nSPS) is 28.9. The highest BCUT2D eigenvalue weighted by Crippen LogP contribution is 2.39. The van der Waals surface area contributed by atoms with Gasteiger partial charge in [0, 0.05) is 30.5 Å². The van der Waals surface area contributed by atoms with Crippen LogP contribution < -0.4 is 5.73 Å². The lowest BCUT2D eigenvalue weighted by molar-refractivity contribution is 0.0275. The molecule has 1 aromatic rings. The molecule has 110 valence electrons. The molecule has 0 bridgehead atoms. The van der Waals surface area contributed by atoms with E-state index in [-0.39, 0.29) is 0 Å². The van der Waals surface area contributed by atoms with Crippen LogP contribution >= 0.6 is 0 Å². The van der Waals surface area contributed by atoms with Crippen molar-refractivity contribution in [2.24, 2.45) is 11.7 Å². The van der Waals surface area contributed by atoms with Crippen LogP contribution in [0.2, 0.25) is 0 Å². The zero-order valence-electron chi connectivity index (χ0n) is 12.6. The van der Waals surface area contributed by atoms with Gasteiger partial charge in [-0.2, -0.15) is 0 Å². The first-order valence-corrected chi connectivity index (χ1v) is 8.18. The van der Waals surface area contributed by atoms with Gasteiger partial charge in [-0.25, -0.2) is 0 Å². The minimum atomic E-state index is 0.356. The molecule has 1 saturated heterocycles. The second kappa shape index (κ2) is 6.23. The third-order valence-corrected chi connectivity index (χ3v) is 5.23. The minimum Gasteiger partial charge on any atom is -0.329 e. The Morgan fingerprint density at radius 1 is 1.25 bits per heavy atom. The molecule has 0 aromatic carbocycles. The van der Waals surface area contributed by atoms with Gasteiger partial charge in [0.05, 0.1) is 0 Å². The van der Waals surface area contributed by atoms with E-state index in [2.05, 4.69) is 22.0 Å². The van der Waals surface area contributed by atoms with Crippen LogP contribution in [0.15, 0.2) is 18.3 Å². The van der Waals surface area contributed by atoms with E-state index in [4.69, 9.17) is 5.73 Å². The van der Waals surface area contributed by atoms with E-state index in [1.165, 1.54) is 50.6 Å². The molecular formula is C17H27N3. The van der Waals surface area contributed by atoms with E-state index in [1.807, 2.05) is 13.1 Å². The molecule has 2 aliphatic rings. The lowest BCUT2D eigenvalue weighted by Crippen LogP contribution is -2.50. The van der Waals surface area contributed by atoms with Crippen molar-refractivity contribution in [3.8, 4) is 0 Å². The molecule has 3 rings (SSSR count). The molecule has 0 radical (unpaired) electrons. The van der Waals surface area contributed by atoms with Crippen molar-refractivity contribution in [3.05, 3.63) is 29.6 Å². The molecule has 0 amide bonds. The van der Waals surface area contributed by atoms with E-state index in [0.717, 1.165) is 17.7 Å². The highest BCUT2D eigenvalue weighted by Gasteiger charge is 2.36. The molecule has 2 heterocycles. The van der Waals surface area contributed by atoms with Gasteiger partial charge in [-0.3, -0.25) is 9.88 Å². The quantitative estimate of drug-likeness (QED) is 0.920. The van der Waals surface area contributed by atoms with Crippen molar-refractivity contribution in [1.82, 2.24) is 9.88 Å². The summed E-state index contributed by atoms with van der Waals surface area (Å²) >= 11 is 0. The Balaban J connectivity index is 1.82. The monoisotopic (exact) mass is 273 g/mol. The fourth-order valence-electron chi connectivity index (χ4n) is 4.19. The van der Waals surface area contributed by atoms with E-state index in [1.54, 1.807) is 0 Å². The van der Waals surface area contributed by atoms with Crippen LogP contribution in [-0.2, 0) is 0 Å². The predicted molar refractivity (Wildman–Crippen MR) is 82.5 cm³/mol. The van der Waals surface area contributed by atoms with Gasteiger partial charge in [0.2, 0.25) is 0 Å². The third-order valence-electron chi connectivity index (χ3n) is 5.23. The number of aromatic nitrogens is 1. The molecule has 3 heteroatoms. The number of pyridine rings is 1. The predicted octanol–water partition coefficient (Wildman–Crippen LogP) is 3.04. The largest absolute Gasteiger partial charge is 0.329 e. The lowest BCUT2D eigenvalue weighted by atomic mass is 9.77. The number of rotatable bonds is 3. The number of aryl methyl sites for hydroxylation is 1. The van der Waals surface area contributed by atoms with Gasteiger partial charge < -0.3 is 5.73 Å². The smallest absolute Gasteiger partial charge is 0.0488 e. The fraction of sp³-hybridized carbons (Fsp3) is 0.706. The van der Waals surface area contributed by atoms with Crippen molar-refractivity contribution >= 4 is 0 Å². The van der Waals surface area contributed by atoms with Gasteiger partial charge in [0.1, 0.15) is 0 Å². The summed E-state index contributed by atoms with van der Waals surface area (Å²) in [4.78, 5) is 7.16. The Bertz CT molecular complexity index is 426. The number of piperidine rings is 1. The Morgan fingerprint density at radius 3 is 2.80 bits per heavy atom. The summed E-state index contributed by atoms with van der Waals surface area (Å²) in [6.07, 6.45) is 10.4. The number of hydrogen-bond donors (Lipinski definition) is 1. The zero-order chi connectivity index (χ0) is 13.9. The number of nitrogens with two attached hydrogens (primary N) is 1. The van der Waals surface area contributed by atoms with Gasteiger partial charge in [-0.1, -0.05) is 18.9 Å². The number of likely N-dealkylation sites (tertiary alicyclic amines) is 1.